The number of aromatic nitrogens is 3. The molecule has 0 unspecified atom stereocenters. The Labute approximate surface area is 116 Å². The van der Waals surface area contributed by atoms with E-state index in [2.05, 4.69) is 43.1 Å². The number of hydrogen-bond donors (Lipinski definition) is 0. The molecular formula is C13H17BrN4. The molecule has 5 heteroatoms. The van der Waals surface area contributed by atoms with Crippen molar-refractivity contribution in [1.29, 1.82) is 0 Å². The van der Waals surface area contributed by atoms with Gasteiger partial charge in [-0.2, -0.15) is 4.98 Å². The third-order valence-corrected chi connectivity index (χ3v) is 3.06. The van der Waals surface area contributed by atoms with Gasteiger partial charge in [-0.25, -0.2) is 4.68 Å². The zero-order valence-corrected chi connectivity index (χ0v) is 12.3. The van der Waals surface area contributed by atoms with Crippen LogP contribution in [0.1, 0.15) is 20.3 Å². The zero-order chi connectivity index (χ0) is 13.0. The van der Waals surface area contributed by atoms with Gasteiger partial charge in [0, 0.05) is 18.8 Å². The monoisotopic (exact) mass is 308 g/mol. The molecule has 2 heterocycles. The van der Waals surface area contributed by atoms with Gasteiger partial charge >= 0.3 is 0 Å². The molecule has 1 aromatic rings. The Morgan fingerprint density at radius 2 is 2.11 bits per heavy atom. The first-order valence-corrected chi connectivity index (χ1v) is 6.89. The highest BCUT2D eigenvalue weighted by molar-refractivity contribution is 9.10. The summed E-state index contributed by atoms with van der Waals surface area (Å²) in [7, 11) is 0. The van der Waals surface area contributed by atoms with Gasteiger partial charge in [-0.15, -0.1) is 5.10 Å². The Balaban J connectivity index is 2.37. The van der Waals surface area contributed by atoms with E-state index in [0.29, 0.717) is 4.73 Å². The number of fused-ring (bicyclic) bond motifs is 1. The number of aryl methyl sites for hydroxylation is 1. The van der Waals surface area contributed by atoms with Crippen molar-refractivity contribution in [3.63, 3.8) is 0 Å². The van der Waals surface area contributed by atoms with Gasteiger partial charge in [0.1, 0.15) is 0 Å². The number of anilines is 1. The van der Waals surface area contributed by atoms with Gasteiger partial charge in [0.15, 0.2) is 0 Å². The van der Waals surface area contributed by atoms with Crippen LogP contribution in [0.5, 0.6) is 0 Å². The van der Waals surface area contributed by atoms with Crippen molar-refractivity contribution in [2.24, 2.45) is 0 Å². The molecule has 1 aromatic heterocycles. The van der Waals surface area contributed by atoms with Crippen LogP contribution in [0.4, 0.5) is 5.95 Å². The van der Waals surface area contributed by atoms with Gasteiger partial charge in [-0.1, -0.05) is 18.2 Å². The Bertz CT molecular complexity index is 499. The molecule has 1 aliphatic heterocycles. The van der Waals surface area contributed by atoms with Gasteiger partial charge in [-0.05, 0) is 48.4 Å². The summed E-state index contributed by atoms with van der Waals surface area (Å²) in [5.41, 5.74) is 1.14. The second kappa shape index (κ2) is 6.00. The lowest BCUT2D eigenvalue weighted by Gasteiger charge is -2.28. The average Bonchev–Trinajstić information content (AvgIpc) is 2.74. The van der Waals surface area contributed by atoms with Crippen LogP contribution in [0.25, 0.3) is 0 Å². The Hall–Kier alpha value is -1.36. The Morgan fingerprint density at radius 1 is 1.28 bits per heavy atom. The van der Waals surface area contributed by atoms with Crippen LogP contribution in [0.2, 0.25) is 0 Å². The molecule has 4 nitrogen and oxygen atoms in total. The maximum atomic E-state index is 4.44. The molecular weight excluding hydrogens is 292 g/mol. The summed E-state index contributed by atoms with van der Waals surface area (Å²) in [6.07, 6.45) is 11.4. The number of allylic oxidation sites excluding steroid dienone is 5. The van der Waals surface area contributed by atoms with Crippen molar-refractivity contribution in [3.05, 3.63) is 40.8 Å². The molecule has 0 saturated heterocycles. The van der Waals surface area contributed by atoms with E-state index in [-0.39, 0.29) is 0 Å². The summed E-state index contributed by atoms with van der Waals surface area (Å²) in [4.78, 5) is 6.64. The minimum atomic E-state index is 0.648. The summed E-state index contributed by atoms with van der Waals surface area (Å²) in [5, 5.41) is 4.34. The predicted molar refractivity (Wildman–Crippen MR) is 77.4 cm³/mol. The van der Waals surface area contributed by atoms with Crippen LogP contribution < -0.4 is 4.90 Å². The fourth-order valence-corrected chi connectivity index (χ4v) is 2.33. The summed E-state index contributed by atoms with van der Waals surface area (Å²) >= 11 is 3.34. The van der Waals surface area contributed by atoms with Crippen molar-refractivity contribution < 1.29 is 0 Å². The smallest absolute Gasteiger partial charge is 0.229 e. The van der Waals surface area contributed by atoms with E-state index >= 15 is 0 Å². The molecule has 0 fully saturated rings. The van der Waals surface area contributed by atoms with E-state index in [0.717, 1.165) is 31.2 Å². The van der Waals surface area contributed by atoms with E-state index in [1.54, 1.807) is 0 Å². The summed E-state index contributed by atoms with van der Waals surface area (Å²) in [5.74, 6) is 0.905. The molecule has 0 spiro atoms. The molecule has 0 aliphatic carbocycles. The third kappa shape index (κ3) is 2.72. The largest absolute Gasteiger partial charge is 0.311 e. The van der Waals surface area contributed by atoms with Gasteiger partial charge in [0.2, 0.25) is 10.7 Å². The van der Waals surface area contributed by atoms with Crippen LogP contribution in [0, 0.1) is 0 Å². The SMILES string of the molecule is C\C=C/C=C(\C=C/C)N1CCCn2nc(Br)nc21. The first kappa shape index (κ1) is 13.1. The Kier molecular flexibility index (Phi) is 4.36. The van der Waals surface area contributed by atoms with Crippen LogP contribution >= 0.6 is 15.9 Å². The number of rotatable bonds is 3. The highest BCUT2D eigenvalue weighted by Gasteiger charge is 2.22. The number of halogens is 1. The maximum Gasteiger partial charge on any atom is 0.229 e. The zero-order valence-electron chi connectivity index (χ0n) is 10.7. The lowest BCUT2D eigenvalue weighted by Crippen LogP contribution is -2.31. The van der Waals surface area contributed by atoms with E-state index in [1.807, 2.05) is 36.8 Å². The molecule has 96 valence electrons. The number of nitrogens with zero attached hydrogens (tertiary/aromatic N) is 4. The number of hydrogen-bond acceptors (Lipinski definition) is 3. The minimum absolute atomic E-state index is 0.648. The van der Waals surface area contributed by atoms with Crippen LogP contribution in [0.15, 0.2) is 40.8 Å². The van der Waals surface area contributed by atoms with E-state index < -0.39 is 0 Å². The molecule has 0 radical (unpaired) electrons. The normalized spacial score (nSPS) is 16.8. The maximum absolute atomic E-state index is 4.44. The average molecular weight is 309 g/mol. The van der Waals surface area contributed by atoms with E-state index in [1.165, 1.54) is 0 Å². The highest BCUT2D eigenvalue weighted by atomic mass is 79.9. The summed E-state index contributed by atoms with van der Waals surface area (Å²) < 4.78 is 2.59. The third-order valence-electron chi connectivity index (χ3n) is 2.73. The van der Waals surface area contributed by atoms with Crippen molar-refractivity contribution in [2.75, 3.05) is 11.4 Å². The Morgan fingerprint density at radius 3 is 2.83 bits per heavy atom. The topological polar surface area (TPSA) is 34.0 Å². The second-order valence-corrected chi connectivity index (χ2v) is 4.74. The molecule has 0 saturated carbocycles. The fourth-order valence-electron chi connectivity index (χ4n) is 1.98. The molecule has 0 N–H and O–H groups in total. The predicted octanol–water partition coefficient (Wildman–Crippen LogP) is 3.29. The van der Waals surface area contributed by atoms with E-state index in [9.17, 15) is 0 Å². The van der Waals surface area contributed by atoms with Crippen molar-refractivity contribution in [3.8, 4) is 0 Å². The van der Waals surface area contributed by atoms with Crippen LogP contribution in [0.3, 0.4) is 0 Å². The standard InChI is InChI=1S/C13H17BrN4/c1-3-5-8-11(7-4-2)17-9-6-10-18-13(17)15-12(14)16-18/h3-5,7-8H,6,9-10H2,1-2H3/b5-3-,7-4-,11-8+. The molecule has 18 heavy (non-hydrogen) atoms. The molecule has 0 amide bonds. The molecule has 0 atom stereocenters. The molecule has 0 aromatic carbocycles. The molecule has 1 aliphatic rings. The molecule has 0 bridgehead atoms. The minimum Gasteiger partial charge on any atom is -0.311 e. The van der Waals surface area contributed by atoms with Crippen LogP contribution in [-0.2, 0) is 6.54 Å². The first-order chi connectivity index (χ1) is 8.76. The van der Waals surface area contributed by atoms with Crippen molar-refractivity contribution >= 4 is 21.9 Å². The fraction of sp³-hybridized carbons (Fsp3) is 0.385. The van der Waals surface area contributed by atoms with Gasteiger partial charge in [0.25, 0.3) is 0 Å². The first-order valence-electron chi connectivity index (χ1n) is 6.10. The van der Waals surface area contributed by atoms with Crippen molar-refractivity contribution in [2.45, 2.75) is 26.8 Å². The highest BCUT2D eigenvalue weighted by Crippen LogP contribution is 2.24. The van der Waals surface area contributed by atoms with Gasteiger partial charge in [-0.3, -0.25) is 0 Å². The molecule has 2 rings (SSSR count). The van der Waals surface area contributed by atoms with Gasteiger partial charge in [0.05, 0.1) is 0 Å². The lowest BCUT2D eigenvalue weighted by atomic mass is 10.2. The summed E-state index contributed by atoms with van der Waals surface area (Å²) in [6, 6.07) is 0. The summed E-state index contributed by atoms with van der Waals surface area (Å²) in [6.45, 7) is 5.93. The van der Waals surface area contributed by atoms with E-state index in [4.69, 9.17) is 0 Å². The second-order valence-electron chi connectivity index (χ2n) is 4.03. The van der Waals surface area contributed by atoms with Crippen molar-refractivity contribution in [1.82, 2.24) is 14.8 Å². The quantitative estimate of drug-likeness (QED) is 0.804. The lowest BCUT2D eigenvalue weighted by molar-refractivity contribution is 0.531. The van der Waals surface area contributed by atoms with Gasteiger partial charge < -0.3 is 4.90 Å². The van der Waals surface area contributed by atoms with Crippen LogP contribution in [-0.4, -0.2) is 21.3 Å².